The molecule has 4 heterocycles. The van der Waals surface area contributed by atoms with Gasteiger partial charge in [0.2, 0.25) is 35.4 Å². The second-order valence-corrected chi connectivity index (χ2v) is 23.6. The zero-order chi connectivity index (χ0) is 62.8. The molecular formula is C65H80ClFN10O11S. The summed E-state index contributed by atoms with van der Waals surface area (Å²) in [5, 5.41) is 24.2. The van der Waals surface area contributed by atoms with E-state index >= 15 is 4.39 Å². The zero-order valence-electron chi connectivity index (χ0n) is 50.8. The van der Waals surface area contributed by atoms with E-state index in [1.54, 1.807) is 72.6 Å². The van der Waals surface area contributed by atoms with Crippen LogP contribution in [-0.4, -0.2) is 196 Å². The average Bonchev–Trinajstić information content (AvgIpc) is 1.35. The Morgan fingerprint density at radius 2 is 1.54 bits per heavy atom. The summed E-state index contributed by atoms with van der Waals surface area (Å²) in [5.41, 5.74) is 1.23. The summed E-state index contributed by atoms with van der Waals surface area (Å²) < 4.78 is 45.6. The molecule has 4 amide bonds. The van der Waals surface area contributed by atoms with Crippen LogP contribution in [0.2, 0.25) is 5.02 Å². The first-order valence-electron chi connectivity index (χ1n) is 30.6. The molecule has 2 aliphatic heterocycles. The topological polar surface area (TPSA) is 239 Å². The maximum absolute atomic E-state index is 17.0. The SMILES string of the molecule is C=CC(=O)N1CCN(c2nc(NCCC(=O)N(C)CCOCCOCCOCCOCCOc3cccc(C(=O)c4csc([C@@H]5CCCN5C(=O)[C@@H](NC(=O)[C@H](C)NC)C5CCCCC5)n4)c3)nc3c(F)c(-c4cc(O)cc5ccccc45)c(Cl)cc23)CC1. The summed E-state index contributed by atoms with van der Waals surface area (Å²) in [6.45, 7) is 11.0. The van der Waals surface area contributed by atoms with Crippen molar-refractivity contribution in [3.63, 3.8) is 0 Å². The van der Waals surface area contributed by atoms with E-state index < -0.39 is 17.9 Å². The molecule has 6 aromatic rings. The molecule has 1 saturated carbocycles. The van der Waals surface area contributed by atoms with Crippen molar-refractivity contribution in [2.24, 2.45) is 5.92 Å². The third-order valence-corrected chi connectivity index (χ3v) is 17.7. The number of ketones is 1. The quantitative estimate of drug-likeness (QED) is 0.0182. The number of halogens is 2. The molecule has 0 bridgehead atoms. The number of phenols is 1. The number of nitrogens with zero attached hydrogens (tertiary/aromatic N) is 7. The highest BCUT2D eigenvalue weighted by atomic mass is 35.5. The fraction of sp³-hybridized carbons (Fsp3) is 0.477. The Morgan fingerprint density at radius 3 is 2.26 bits per heavy atom. The predicted molar refractivity (Wildman–Crippen MR) is 340 cm³/mol. The van der Waals surface area contributed by atoms with Crippen LogP contribution in [-0.2, 0) is 38.1 Å². The molecule has 0 spiro atoms. The maximum Gasteiger partial charge on any atom is 0.246 e. The Morgan fingerprint density at radius 1 is 0.831 bits per heavy atom. The third kappa shape index (κ3) is 17.1. The Labute approximate surface area is 527 Å². The van der Waals surface area contributed by atoms with Crippen molar-refractivity contribution in [1.82, 2.24) is 40.3 Å². The van der Waals surface area contributed by atoms with Gasteiger partial charge in [0.25, 0.3) is 0 Å². The molecule has 3 aliphatic rings. The second-order valence-electron chi connectivity index (χ2n) is 22.3. The molecule has 3 fully saturated rings. The van der Waals surface area contributed by atoms with Crippen molar-refractivity contribution >= 4 is 85.8 Å². The molecule has 24 heteroatoms. The first kappa shape index (κ1) is 66.0. The molecule has 1 aliphatic carbocycles. The molecule has 3 atom stereocenters. The van der Waals surface area contributed by atoms with Gasteiger partial charge in [-0.05, 0) is 98.3 Å². The highest BCUT2D eigenvalue weighted by Crippen LogP contribution is 2.43. The van der Waals surface area contributed by atoms with E-state index in [1.165, 1.54) is 23.5 Å². The summed E-state index contributed by atoms with van der Waals surface area (Å²) in [7, 11) is 3.42. The van der Waals surface area contributed by atoms with E-state index in [4.69, 9.17) is 45.3 Å². The molecule has 0 unspecified atom stereocenters. The van der Waals surface area contributed by atoms with Gasteiger partial charge in [0.1, 0.15) is 46.2 Å². The van der Waals surface area contributed by atoms with Gasteiger partial charge >= 0.3 is 0 Å². The number of thiazole rings is 1. The van der Waals surface area contributed by atoms with Gasteiger partial charge in [0.05, 0.1) is 70.0 Å². The van der Waals surface area contributed by atoms with E-state index in [0.29, 0.717) is 142 Å². The number of hydrogen-bond acceptors (Lipinski definition) is 18. The number of likely N-dealkylation sites (N-methyl/N-ethyl adjacent to an activating group) is 2. The number of rotatable bonds is 31. The Kier molecular flexibility index (Phi) is 24.0. The molecule has 89 heavy (non-hydrogen) atoms. The highest BCUT2D eigenvalue weighted by Gasteiger charge is 2.40. The zero-order valence-corrected chi connectivity index (χ0v) is 52.4. The van der Waals surface area contributed by atoms with Gasteiger partial charge in [0.15, 0.2) is 5.82 Å². The largest absolute Gasteiger partial charge is 0.508 e. The highest BCUT2D eigenvalue weighted by molar-refractivity contribution is 7.10. The molecule has 476 valence electrons. The molecule has 21 nitrogen and oxygen atoms in total. The van der Waals surface area contributed by atoms with Crippen LogP contribution in [0.1, 0.15) is 85.4 Å². The number of hydrogen-bond donors (Lipinski definition) is 4. The van der Waals surface area contributed by atoms with Crippen molar-refractivity contribution in [3.05, 3.63) is 112 Å². The average molecular weight is 1260 g/mol. The summed E-state index contributed by atoms with van der Waals surface area (Å²) in [4.78, 5) is 87.7. The van der Waals surface area contributed by atoms with E-state index in [2.05, 4.69) is 27.5 Å². The summed E-state index contributed by atoms with van der Waals surface area (Å²) in [6, 6.07) is 17.7. The first-order valence-corrected chi connectivity index (χ1v) is 31.9. The van der Waals surface area contributed by atoms with Crippen LogP contribution in [0.15, 0.2) is 84.8 Å². The number of anilines is 2. The Balaban J connectivity index is 0.642. The maximum atomic E-state index is 17.0. The van der Waals surface area contributed by atoms with Crippen LogP contribution in [0.4, 0.5) is 16.2 Å². The lowest BCUT2D eigenvalue weighted by molar-refractivity contribution is -0.139. The number of benzene rings is 4. The Hall–Kier alpha value is -7.38. The molecule has 4 N–H and O–H groups in total. The number of piperazine rings is 1. The van der Waals surface area contributed by atoms with E-state index in [-0.39, 0.29) is 88.7 Å². The normalized spacial score (nSPS) is 16.1. The molecule has 9 rings (SSSR count). The standard InChI is InChI=1S/C65H80ClFN10O11S/c1-5-54(79)75-23-25-76(26-24-75)61-50-40-51(66)56(49-39-46(78)37-44-15-9-10-18-48(44)49)57(67)59(50)72-65(73-61)69-21-20-55(80)74(4)27-28-84-29-30-85-31-32-86-33-34-87-35-36-88-47-17-11-16-45(38-47)60(81)52-41-89-63(70-52)53-19-12-22-77(53)64(83)58(43-13-7-6-8-14-43)71-62(82)42(2)68-3/h5,9-11,15-18,37-43,53,58,68,78H,1,6-8,12-14,19-36H2,2-4H3,(H,71,82)(H,69,72,73)/t42-,53-,58-/m0/s1. The summed E-state index contributed by atoms with van der Waals surface area (Å²) in [5.74, 6) is -0.440. The van der Waals surface area contributed by atoms with E-state index in [0.717, 1.165) is 44.9 Å². The lowest BCUT2D eigenvalue weighted by Gasteiger charge is -2.35. The van der Waals surface area contributed by atoms with Crippen LogP contribution in [0, 0.1) is 11.7 Å². The lowest BCUT2D eigenvalue weighted by atomic mass is 9.83. The minimum Gasteiger partial charge on any atom is -0.508 e. The number of likely N-dealkylation sites (tertiary alicyclic amines) is 1. The van der Waals surface area contributed by atoms with Crippen LogP contribution < -0.4 is 25.6 Å². The van der Waals surface area contributed by atoms with Gasteiger partial charge in [-0.3, -0.25) is 24.0 Å². The van der Waals surface area contributed by atoms with Crippen LogP contribution in [0.3, 0.4) is 0 Å². The fourth-order valence-corrected chi connectivity index (χ4v) is 12.7. The van der Waals surface area contributed by atoms with Crippen molar-refractivity contribution < 1.29 is 57.2 Å². The van der Waals surface area contributed by atoms with E-state index in [9.17, 15) is 29.1 Å². The van der Waals surface area contributed by atoms with Gasteiger partial charge in [0, 0.05) is 81.2 Å². The smallest absolute Gasteiger partial charge is 0.246 e. The van der Waals surface area contributed by atoms with Gasteiger partial charge in [-0.1, -0.05) is 73.8 Å². The number of ether oxygens (including phenoxy) is 5. The molecule has 2 aromatic heterocycles. The van der Waals surface area contributed by atoms with Crippen molar-refractivity contribution in [2.75, 3.05) is 130 Å². The van der Waals surface area contributed by atoms with Crippen molar-refractivity contribution in [3.8, 4) is 22.6 Å². The van der Waals surface area contributed by atoms with Crippen LogP contribution >= 0.6 is 22.9 Å². The monoisotopic (exact) mass is 1260 g/mol. The number of fused-ring (bicyclic) bond motifs is 2. The van der Waals surface area contributed by atoms with Crippen molar-refractivity contribution in [1.29, 1.82) is 0 Å². The molecular weight excluding hydrogens is 1180 g/mol. The fourth-order valence-electron chi connectivity index (χ4n) is 11.4. The van der Waals surface area contributed by atoms with Gasteiger partial charge in [-0.2, -0.15) is 4.98 Å². The Bertz CT molecular complexity index is 3440. The number of carbonyl (C=O) groups is 5. The summed E-state index contributed by atoms with van der Waals surface area (Å²) in [6.07, 6.45) is 7.93. The lowest BCUT2D eigenvalue weighted by Crippen LogP contribution is -2.55. The van der Waals surface area contributed by atoms with Gasteiger partial charge in [-0.15, -0.1) is 11.3 Å². The van der Waals surface area contributed by atoms with Crippen LogP contribution in [0.5, 0.6) is 11.5 Å². The first-order chi connectivity index (χ1) is 43.2. The number of amides is 4. The predicted octanol–water partition coefficient (Wildman–Crippen LogP) is 8.21. The molecule has 2 saturated heterocycles. The van der Waals surface area contributed by atoms with Gasteiger partial charge in [-0.25, -0.2) is 14.4 Å². The number of aromatic nitrogens is 3. The number of nitrogens with one attached hydrogen (secondary N) is 3. The molecule has 0 radical (unpaired) electrons. The van der Waals surface area contributed by atoms with Gasteiger partial charge < -0.3 is 64.3 Å². The minimum atomic E-state index is -0.694. The number of carbonyl (C=O) groups excluding carboxylic acids is 5. The third-order valence-electron chi connectivity index (χ3n) is 16.5. The van der Waals surface area contributed by atoms with Crippen molar-refractivity contribution in [2.45, 2.75) is 76.4 Å². The summed E-state index contributed by atoms with van der Waals surface area (Å²) >= 11 is 8.27. The van der Waals surface area contributed by atoms with E-state index in [1.807, 2.05) is 34.1 Å². The second kappa shape index (κ2) is 32.4. The minimum absolute atomic E-state index is 0.00382. The molecule has 4 aromatic carbocycles. The number of phenolic OH excluding ortho intramolecular Hbond substituents is 1. The number of aromatic hydroxyl groups is 1. The van der Waals surface area contributed by atoms with Crippen LogP contribution in [0.25, 0.3) is 32.8 Å².